The molecule has 7 aromatic carbocycles. The third-order valence-corrected chi connectivity index (χ3v) is 12.6. The summed E-state index contributed by atoms with van der Waals surface area (Å²) in [6.45, 7) is 9.43. The van der Waals surface area contributed by atoms with E-state index in [0.717, 1.165) is 5.69 Å². The van der Waals surface area contributed by atoms with Crippen molar-refractivity contribution in [2.45, 2.75) is 38.5 Å². The minimum atomic E-state index is -0.0805. The van der Waals surface area contributed by atoms with Crippen LogP contribution >= 0.6 is 11.3 Å². The van der Waals surface area contributed by atoms with Crippen LogP contribution in [0.15, 0.2) is 152 Å². The van der Waals surface area contributed by atoms with Crippen LogP contribution in [0.3, 0.4) is 0 Å². The fraction of sp³-hybridized carbons (Fsp3) is 0.125. The van der Waals surface area contributed by atoms with E-state index in [1.165, 1.54) is 87.2 Å². The summed E-state index contributed by atoms with van der Waals surface area (Å²) in [4.78, 5) is 2.45. The van der Waals surface area contributed by atoms with Crippen LogP contribution in [0.1, 0.15) is 49.9 Å². The molecule has 0 atom stereocenters. The Morgan fingerprint density at radius 1 is 0.380 bits per heavy atom. The first-order chi connectivity index (χ1) is 24.3. The molecule has 0 aliphatic heterocycles. The van der Waals surface area contributed by atoms with E-state index in [1.807, 2.05) is 11.3 Å². The Kier molecular flexibility index (Phi) is 6.21. The zero-order valence-electron chi connectivity index (χ0n) is 28.8. The van der Waals surface area contributed by atoms with Crippen LogP contribution in [-0.2, 0) is 10.8 Å². The Hall–Kier alpha value is -5.44. The summed E-state index contributed by atoms with van der Waals surface area (Å²) in [5, 5.41) is 2.66. The van der Waals surface area contributed by atoms with Gasteiger partial charge in [0.15, 0.2) is 0 Å². The van der Waals surface area contributed by atoms with Crippen LogP contribution in [0.4, 0.5) is 17.1 Å². The van der Waals surface area contributed by atoms with Crippen LogP contribution in [0.5, 0.6) is 0 Å². The van der Waals surface area contributed by atoms with Gasteiger partial charge < -0.3 is 4.90 Å². The molecule has 0 radical (unpaired) electrons. The number of thiophene rings is 1. The Morgan fingerprint density at radius 3 is 1.70 bits per heavy atom. The zero-order valence-corrected chi connectivity index (χ0v) is 29.6. The predicted molar refractivity (Wildman–Crippen MR) is 215 cm³/mol. The molecule has 10 rings (SSSR count). The van der Waals surface area contributed by atoms with Crippen molar-refractivity contribution in [3.05, 3.63) is 174 Å². The molecule has 2 aliphatic rings. The number of fused-ring (bicyclic) bond motifs is 9. The van der Waals surface area contributed by atoms with Gasteiger partial charge in [-0.3, -0.25) is 0 Å². The van der Waals surface area contributed by atoms with E-state index in [1.54, 1.807) is 0 Å². The van der Waals surface area contributed by atoms with Crippen molar-refractivity contribution >= 4 is 48.6 Å². The lowest BCUT2D eigenvalue weighted by Gasteiger charge is -2.29. The molecule has 1 heterocycles. The lowest BCUT2D eigenvalue weighted by Crippen LogP contribution is -2.17. The smallest absolute Gasteiger partial charge is 0.0468 e. The first kappa shape index (κ1) is 29.5. The van der Waals surface area contributed by atoms with Crippen molar-refractivity contribution in [3.8, 4) is 33.4 Å². The van der Waals surface area contributed by atoms with E-state index < -0.39 is 0 Å². The topological polar surface area (TPSA) is 3.24 Å². The zero-order chi connectivity index (χ0) is 33.8. The van der Waals surface area contributed by atoms with Gasteiger partial charge in [-0.15, -0.1) is 11.3 Å². The second kappa shape index (κ2) is 10.5. The van der Waals surface area contributed by atoms with Crippen LogP contribution in [0, 0.1) is 0 Å². The summed E-state index contributed by atoms with van der Waals surface area (Å²) in [7, 11) is 0. The van der Waals surface area contributed by atoms with E-state index in [2.05, 4.69) is 184 Å². The minimum Gasteiger partial charge on any atom is -0.310 e. The summed E-state index contributed by atoms with van der Waals surface area (Å²) in [6.07, 6.45) is 0. The molecule has 8 aromatic rings. The van der Waals surface area contributed by atoms with Crippen LogP contribution < -0.4 is 4.90 Å². The van der Waals surface area contributed by atoms with Crippen molar-refractivity contribution in [2.24, 2.45) is 0 Å². The van der Waals surface area contributed by atoms with Crippen molar-refractivity contribution < 1.29 is 0 Å². The maximum Gasteiger partial charge on any atom is 0.0468 e. The molecule has 0 amide bonds. The second-order valence-corrected chi connectivity index (χ2v) is 16.1. The van der Waals surface area contributed by atoms with Gasteiger partial charge in [0, 0.05) is 48.1 Å². The highest BCUT2D eigenvalue weighted by Gasteiger charge is 2.37. The highest BCUT2D eigenvalue weighted by Crippen LogP contribution is 2.53. The first-order valence-electron chi connectivity index (χ1n) is 17.6. The summed E-state index contributed by atoms with van der Waals surface area (Å²) in [6, 6.07) is 56.8. The van der Waals surface area contributed by atoms with Crippen molar-refractivity contribution in [2.75, 3.05) is 4.90 Å². The number of nitrogens with zero attached hydrogens (tertiary/aromatic N) is 1. The molecule has 0 saturated heterocycles. The second-order valence-electron chi connectivity index (χ2n) is 15.0. The van der Waals surface area contributed by atoms with E-state index >= 15 is 0 Å². The molecule has 240 valence electrons. The fourth-order valence-corrected chi connectivity index (χ4v) is 9.92. The van der Waals surface area contributed by atoms with Crippen LogP contribution in [0.2, 0.25) is 0 Å². The number of hydrogen-bond donors (Lipinski definition) is 0. The van der Waals surface area contributed by atoms with Gasteiger partial charge in [0.25, 0.3) is 0 Å². The van der Waals surface area contributed by atoms with Crippen LogP contribution in [0.25, 0.3) is 53.6 Å². The van der Waals surface area contributed by atoms with E-state index in [-0.39, 0.29) is 10.8 Å². The Bertz CT molecular complexity index is 2650. The van der Waals surface area contributed by atoms with Gasteiger partial charge in [-0.05, 0) is 110 Å². The van der Waals surface area contributed by atoms with Crippen molar-refractivity contribution in [1.82, 2.24) is 0 Å². The van der Waals surface area contributed by atoms with Gasteiger partial charge in [-0.1, -0.05) is 125 Å². The van der Waals surface area contributed by atoms with Gasteiger partial charge in [0.1, 0.15) is 0 Å². The Morgan fingerprint density at radius 2 is 0.920 bits per heavy atom. The molecule has 50 heavy (non-hydrogen) atoms. The lowest BCUT2D eigenvalue weighted by molar-refractivity contribution is 0.660. The SMILES string of the molecule is CC1(C)c2ccccc2-c2cc(N(c3ccc(-c4ccc5sc6ccccc6c5c4)cc3)c3ccc4c(c3)C(C)(C)c3ccccc3-4)ccc21. The summed E-state index contributed by atoms with van der Waals surface area (Å²) in [5.41, 5.74) is 16.8. The average molecular weight is 660 g/mol. The molecular weight excluding hydrogens is 623 g/mol. The van der Waals surface area contributed by atoms with E-state index in [4.69, 9.17) is 0 Å². The highest BCUT2D eigenvalue weighted by atomic mass is 32.1. The van der Waals surface area contributed by atoms with E-state index in [0.29, 0.717) is 0 Å². The van der Waals surface area contributed by atoms with Gasteiger partial charge >= 0.3 is 0 Å². The number of hydrogen-bond acceptors (Lipinski definition) is 2. The van der Waals surface area contributed by atoms with Crippen molar-refractivity contribution in [3.63, 3.8) is 0 Å². The number of anilines is 3. The molecule has 0 N–H and O–H groups in total. The van der Waals surface area contributed by atoms with E-state index in [9.17, 15) is 0 Å². The normalized spacial score (nSPS) is 14.7. The number of rotatable bonds is 4. The maximum absolute atomic E-state index is 2.45. The fourth-order valence-electron chi connectivity index (χ4n) is 8.83. The molecule has 0 unspecified atom stereocenters. The molecule has 0 saturated carbocycles. The maximum atomic E-state index is 2.45. The third-order valence-electron chi connectivity index (χ3n) is 11.5. The van der Waals surface area contributed by atoms with Gasteiger partial charge in [0.2, 0.25) is 0 Å². The molecular formula is C48H37NS. The average Bonchev–Trinajstić information content (AvgIpc) is 3.71. The van der Waals surface area contributed by atoms with Gasteiger partial charge in [-0.2, -0.15) is 0 Å². The highest BCUT2D eigenvalue weighted by molar-refractivity contribution is 7.25. The predicted octanol–water partition coefficient (Wildman–Crippen LogP) is 13.8. The first-order valence-corrected chi connectivity index (χ1v) is 18.4. The molecule has 2 aliphatic carbocycles. The molecule has 2 heteroatoms. The van der Waals surface area contributed by atoms with Crippen molar-refractivity contribution in [1.29, 1.82) is 0 Å². The molecule has 0 bridgehead atoms. The number of benzene rings is 7. The molecule has 0 fully saturated rings. The largest absolute Gasteiger partial charge is 0.310 e. The molecule has 0 spiro atoms. The standard InChI is InChI=1S/C48H37NS/c1-47(2)42-15-9-6-12-36(42)39-28-33(23-25-43(39)47)49(34-22-24-37-35-11-5-8-14-41(35)48(3,4)44(37)29-34)32-20-17-30(18-21-32)31-19-26-46-40(27-31)38-13-7-10-16-45(38)50-46/h5-29H,1-4H3. The minimum absolute atomic E-state index is 0.0326. The Labute approximate surface area is 298 Å². The monoisotopic (exact) mass is 659 g/mol. The third kappa shape index (κ3) is 4.18. The summed E-state index contributed by atoms with van der Waals surface area (Å²) >= 11 is 1.87. The van der Waals surface area contributed by atoms with Gasteiger partial charge in [-0.25, -0.2) is 0 Å². The molecule has 1 nitrogen and oxygen atoms in total. The summed E-state index contributed by atoms with van der Waals surface area (Å²) in [5.74, 6) is 0. The molecule has 1 aromatic heterocycles. The van der Waals surface area contributed by atoms with Gasteiger partial charge in [0.05, 0.1) is 0 Å². The quantitative estimate of drug-likeness (QED) is 0.182. The Balaban J connectivity index is 1.12. The summed E-state index contributed by atoms with van der Waals surface area (Å²) < 4.78 is 2.67. The lowest BCUT2D eigenvalue weighted by atomic mass is 9.82. The van der Waals surface area contributed by atoms with Crippen LogP contribution in [-0.4, -0.2) is 0 Å².